The first-order chi connectivity index (χ1) is 14.0. The van der Waals surface area contributed by atoms with Gasteiger partial charge in [0, 0.05) is 27.9 Å². The van der Waals surface area contributed by atoms with Crippen LogP contribution in [0, 0.1) is 6.92 Å². The minimum absolute atomic E-state index is 0.136. The predicted molar refractivity (Wildman–Crippen MR) is 120 cm³/mol. The zero-order valence-electron chi connectivity index (χ0n) is 16.8. The number of benzene rings is 1. The van der Waals surface area contributed by atoms with Crippen molar-refractivity contribution in [3.8, 4) is 22.1 Å². The third-order valence-electron chi connectivity index (χ3n) is 4.37. The number of methoxy groups -OCH3 is 2. The molecule has 3 rings (SSSR count). The second-order valence-electron chi connectivity index (χ2n) is 6.39. The highest BCUT2D eigenvalue weighted by molar-refractivity contribution is 7.16. The molecule has 0 aliphatic carbocycles. The summed E-state index contributed by atoms with van der Waals surface area (Å²) < 4.78 is 10.8. The lowest BCUT2D eigenvalue weighted by Crippen LogP contribution is -2.25. The normalized spacial score (nSPS) is 10.6. The van der Waals surface area contributed by atoms with Crippen molar-refractivity contribution in [3.05, 3.63) is 63.3 Å². The highest BCUT2D eigenvalue weighted by Crippen LogP contribution is 2.33. The van der Waals surface area contributed by atoms with Gasteiger partial charge in [-0.1, -0.05) is 6.08 Å². The molecule has 0 saturated heterocycles. The van der Waals surface area contributed by atoms with Gasteiger partial charge in [-0.05, 0) is 44.0 Å². The Kier molecular flexibility index (Phi) is 7.06. The molecule has 5 nitrogen and oxygen atoms in total. The van der Waals surface area contributed by atoms with E-state index in [0.29, 0.717) is 30.0 Å². The number of thiophene rings is 1. The number of hydrogen-bond donors (Lipinski definition) is 1. The van der Waals surface area contributed by atoms with E-state index in [1.54, 1.807) is 49.0 Å². The van der Waals surface area contributed by atoms with Gasteiger partial charge in [0.15, 0.2) is 11.5 Å². The summed E-state index contributed by atoms with van der Waals surface area (Å²) in [5.74, 6) is 1.04. The molecule has 0 unspecified atom stereocenters. The number of carbonyl (C=O) groups excluding carboxylic acids is 1. The van der Waals surface area contributed by atoms with E-state index in [9.17, 15) is 4.79 Å². The second-order valence-corrected chi connectivity index (χ2v) is 8.62. The molecule has 1 aromatic carbocycles. The summed E-state index contributed by atoms with van der Waals surface area (Å²) in [5, 5.41) is 6.13. The molecule has 0 spiro atoms. The van der Waals surface area contributed by atoms with Crippen molar-refractivity contribution in [2.75, 3.05) is 20.8 Å². The first kappa shape index (κ1) is 21.1. The van der Waals surface area contributed by atoms with E-state index in [0.717, 1.165) is 27.6 Å². The van der Waals surface area contributed by atoms with Gasteiger partial charge in [0.2, 0.25) is 0 Å². The SMILES string of the molecule is C=CCc1cc(C(=O)NCCc2ccc(-c3csc(C)n3)s2)cc(OC)c1OC. The van der Waals surface area contributed by atoms with Gasteiger partial charge in [0.05, 0.1) is 29.8 Å². The monoisotopic (exact) mass is 428 g/mol. The molecule has 3 aromatic rings. The standard InChI is InChI=1S/C22H24N2O3S2/c1-5-6-15-11-16(12-19(26-3)21(15)27-4)22(25)23-10-9-17-7-8-20(29-17)18-13-28-14(2)24-18/h5,7-8,11-13H,1,6,9-10H2,2-4H3,(H,23,25). The molecular formula is C22H24N2O3S2. The van der Waals surface area contributed by atoms with Crippen molar-refractivity contribution >= 4 is 28.6 Å². The number of hydrogen-bond acceptors (Lipinski definition) is 6. The van der Waals surface area contributed by atoms with Crippen molar-refractivity contribution in [1.82, 2.24) is 10.3 Å². The molecule has 2 heterocycles. The molecule has 0 bridgehead atoms. The van der Waals surface area contributed by atoms with Crippen LogP contribution in [0.4, 0.5) is 0 Å². The molecule has 0 atom stereocenters. The average Bonchev–Trinajstić information content (AvgIpc) is 3.36. The fraction of sp³-hybridized carbons (Fsp3) is 0.273. The Hall–Kier alpha value is -2.64. The number of aryl methyl sites for hydroxylation is 1. The van der Waals surface area contributed by atoms with Crippen LogP contribution in [-0.4, -0.2) is 31.7 Å². The number of allylic oxidation sites excluding steroid dienone is 1. The third-order valence-corrected chi connectivity index (χ3v) is 6.31. The van der Waals surface area contributed by atoms with Crippen LogP contribution in [0.15, 0.2) is 42.3 Å². The summed E-state index contributed by atoms with van der Waals surface area (Å²) in [4.78, 5) is 19.5. The van der Waals surface area contributed by atoms with Crippen molar-refractivity contribution in [1.29, 1.82) is 0 Å². The van der Waals surface area contributed by atoms with Gasteiger partial charge in [-0.15, -0.1) is 29.3 Å². The molecule has 0 radical (unpaired) electrons. The molecule has 0 aliphatic rings. The fourth-order valence-corrected chi connectivity index (χ4v) is 4.66. The number of nitrogens with one attached hydrogen (secondary N) is 1. The molecular weight excluding hydrogens is 404 g/mol. The van der Waals surface area contributed by atoms with Gasteiger partial charge in [-0.3, -0.25) is 4.79 Å². The van der Waals surface area contributed by atoms with E-state index in [2.05, 4.69) is 34.4 Å². The van der Waals surface area contributed by atoms with Crippen LogP contribution in [-0.2, 0) is 12.8 Å². The van der Waals surface area contributed by atoms with Crippen LogP contribution < -0.4 is 14.8 Å². The van der Waals surface area contributed by atoms with Crippen LogP contribution in [0.5, 0.6) is 11.5 Å². The van der Waals surface area contributed by atoms with Gasteiger partial charge < -0.3 is 14.8 Å². The number of aromatic nitrogens is 1. The Morgan fingerprint density at radius 1 is 1.28 bits per heavy atom. The molecule has 2 aromatic heterocycles. The predicted octanol–water partition coefficient (Wildman–Crippen LogP) is 4.90. The lowest BCUT2D eigenvalue weighted by Gasteiger charge is -2.14. The first-order valence-electron chi connectivity index (χ1n) is 9.21. The zero-order chi connectivity index (χ0) is 20.8. The van der Waals surface area contributed by atoms with Gasteiger partial charge in [0.25, 0.3) is 5.91 Å². The fourth-order valence-electron chi connectivity index (χ4n) is 3.01. The molecule has 0 aliphatic heterocycles. The summed E-state index contributed by atoms with van der Waals surface area (Å²) in [6.45, 7) is 6.33. The molecule has 152 valence electrons. The van der Waals surface area contributed by atoms with Crippen molar-refractivity contribution in [2.45, 2.75) is 19.8 Å². The summed E-state index contributed by atoms with van der Waals surface area (Å²) in [5.41, 5.74) is 2.44. The Labute approximate surface area is 179 Å². The summed E-state index contributed by atoms with van der Waals surface area (Å²) in [7, 11) is 3.15. The average molecular weight is 429 g/mol. The van der Waals surface area contributed by atoms with E-state index in [4.69, 9.17) is 9.47 Å². The van der Waals surface area contributed by atoms with Gasteiger partial charge in [-0.25, -0.2) is 4.98 Å². The van der Waals surface area contributed by atoms with Gasteiger partial charge in [0.1, 0.15) is 0 Å². The summed E-state index contributed by atoms with van der Waals surface area (Å²) >= 11 is 3.36. The first-order valence-corrected chi connectivity index (χ1v) is 10.9. The zero-order valence-corrected chi connectivity index (χ0v) is 18.4. The van der Waals surface area contributed by atoms with Crippen molar-refractivity contribution in [2.24, 2.45) is 0 Å². The minimum atomic E-state index is -0.136. The van der Waals surface area contributed by atoms with E-state index in [-0.39, 0.29) is 5.91 Å². The van der Waals surface area contributed by atoms with Crippen LogP contribution in [0.2, 0.25) is 0 Å². The maximum Gasteiger partial charge on any atom is 0.251 e. The number of ether oxygens (including phenoxy) is 2. The number of nitrogens with zero attached hydrogens (tertiary/aromatic N) is 1. The maximum absolute atomic E-state index is 12.7. The highest BCUT2D eigenvalue weighted by Gasteiger charge is 2.15. The molecule has 29 heavy (non-hydrogen) atoms. The van der Waals surface area contributed by atoms with Gasteiger partial charge >= 0.3 is 0 Å². The maximum atomic E-state index is 12.7. The Balaban J connectivity index is 1.64. The Morgan fingerprint density at radius 2 is 2.10 bits per heavy atom. The smallest absolute Gasteiger partial charge is 0.251 e. The topological polar surface area (TPSA) is 60.5 Å². The van der Waals surface area contributed by atoms with E-state index in [1.807, 2.05) is 13.0 Å². The molecule has 0 fully saturated rings. The summed E-state index contributed by atoms with van der Waals surface area (Å²) in [6, 6.07) is 7.71. The lowest BCUT2D eigenvalue weighted by atomic mass is 10.0. The van der Waals surface area contributed by atoms with Crippen LogP contribution in [0.3, 0.4) is 0 Å². The van der Waals surface area contributed by atoms with Crippen LogP contribution in [0.25, 0.3) is 10.6 Å². The van der Waals surface area contributed by atoms with Crippen LogP contribution >= 0.6 is 22.7 Å². The third kappa shape index (κ3) is 5.05. The largest absolute Gasteiger partial charge is 0.493 e. The lowest BCUT2D eigenvalue weighted by molar-refractivity contribution is 0.0953. The van der Waals surface area contributed by atoms with Crippen molar-refractivity contribution in [3.63, 3.8) is 0 Å². The number of thiazole rings is 1. The Bertz CT molecular complexity index is 1010. The minimum Gasteiger partial charge on any atom is -0.493 e. The highest BCUT2D eigenvalue weighted by atomic mass is 32.1. The number of carbonyl (C=O) groups is 1. The summed E-state index contributed by atoms with van der Waals surface area (Å²) in [6.07, 6.45) is 3.14. The van der Waals surface area contributed by atoms with E-state index in [1.165, 1.54) is 4.88 Å². The Morgan fingerprint density at radius 3 is 2.76 bits per heavy atom. The number of amides is 1. The second kappa shape index (κ2) is 9.71. The molecule has 7 heteroatoms. The van der Waals surface area contributed by atoms with Crippen molar-refractivity contribution < 1.29 is 14.3 Å². The van der Waals surface area contributed by atoms with Crippen LogP contribution in [0.1, 0.15) is 25.8 Å². The van der Waals surface area contributed by atoms with E-state index < -0.39 is 0 Å². The molecule has 1 amide bonds. The quantitative estimate of drug-likeness (QED) is 0.493. The molecule has 1 N–H and O–H groups in total. The van der Waals surface area contributed by atoms with Gasteiger partial charge in [-0.2, -0.15) is 0 Å². The molecule has 0 saturated carbocycles. The number of rotatable bonds is 9. The van der Waals surface area contributed by atoms with E-state index >= 15 is 0 Å².